The molecule has 70 valence electrons. The molecule has 1 heterocycles. The lowest BCUT2D eigenvalue weighted by atomic mass is 10.1. The summed E-state index contributed by atoms with van der Waals surface area (Å²) in [4.78, 5) is 8.22. The highest BCUT2D eigenvalue weighted by molar-refractivity contribution is 9.10. The lowest BCUT2D eigenvalue weighted by Crippen LogP contribution is -2.33. The van der Waals surface area contributed by atoms with Gasteiger partial charge in [0, 0.05) is 22.4 Å². The number of hydrogen-bond acceptors (Lipinski definition) is 3. The van der Waals surface area contributed by atoms with E-state index in [1.54, 1.807) is 12.4 Å². The molecular formula is C9H12BrN3. The second kappa shape index (κ2) is 3.98. The first-order valence-corrected chi connectivity index (χ1v) is 4.72. The Hall–Kier alpha value is -0.740. The molecule has 2 N–H and O–H groups in total. The number of hydrogen-bond donors (Lipinski definition) is 1. The monoisotopic (exact) mass is 241 g/mol. The van der Waals surface area contributed by atoms with E-state index in [0.717, 1.165) is 4.47 Å². The van der Waals surface area contributed by atoms with Crippen LogP contribution in [-0.4, -0.2) is 16.7 Å². The number of aromatic nitrogens is 1. The molecule has 4 heteroatoms. The lowest BCUT2D eigenvalue weighted by molar-refractivity contribution is 0.714. The molecule has 1 aromatic heterocycles. The van der Waals surface area contributed by atoms with E-state index in [9.17, 15) is 0 Å². The summed E-state index contributed by atoms with van der Waals surface area (Å²) in [5.74, 6) is 0.668. The zero-order valence-electron chi connectivity index (χ0n) is 7.66. The van der Waals surface area contributed by atoms with Crippen LogP contribution in [0.1, 0.15) is 13.8 Å². The lowest BCUT2D eigenvalue weighted by Gasteiger charge is -2.09. The molecule has 0 fully saturated rings. The van der Waals surface area contributed by atoms with E-state index in [0.29, 0.717) is 5.82 Å². The molecule has 3 nitrogen and oxygen atoms in total. The SMILES string of the molecule is CC(C)(N)/C=N/c1ccc(Br)cn1. The second-order valence-electron chi connectivity index (χ2n) is 3.41. The second-order valence-corrected chi connectivity index (χ2v) is 4.33. The van der Waals surface area contributed by atoms with Crippen LogP contribution < -0.4 is 5.73 Å². The van der Waals surface area contributed by atoms with E-state index in [1.807, 2.05) is 26.0 Å². The Morgan fingerprint density at radius 1 is 1.54 bits per heavy atom. The number of nitrogens with two attached hydrogens (primary N) is 1. The van der Waals surface area contributed by atoms with Crippen LogP contribution in [0.2, 0.25) is 0 Å². The van der Waals surface area contributed by atoms with E-state index in [-0.39, 0.29) is 0 Å². The van der Waals surface area contributed by atoms with Crippen molar-refractivity contribution in [2.45, 2.75) is 19.4 Å². The van der Waals surface area contributed by atoms with Crippen molar-refractivity contribution in [1.82, 2.24) is 4.98 Å². The van der Waals surface area contributed by atoms with Gasteiger partial charge in [-0.05, 0) is 41.9 Å². The van der Waals surface area contributed by atoms with E-state index in [4.69, 9.17) is 5.73 Å². The topological polar surface area (TPSA) is 51.3 Å². The average Bonchev–Trinajstić information content (AvgIpc) is 2.02. The summed E-state index contributed by atoms with van der Waals surface area (Å²) in [5.41, 5.74) is 5.33. The summed E-state index contributed by atoms with van der Waals surface area (Å²) in [7, 11) is 0. The largest absolute Gasteiger partial charge is 0.321 e. The van der Waals surface area contributed by atoms with Crippen LogP contribution in [0.3, 0.4) is 0 Å². The molecule has 0 aromatic carbocycles. The molecule has 0 saturated carbocycles. The molecule has 0 saturated heterocycles. The van der Waals surface area contributed by atoms with Crippen molar-refractivity contribution in [2.75, 3.05) is 0 Å². The number of aliphatic imine (C=N–C) groups is 1. The third kappa shape index (κ3) is 4.15. The summed E-state index contributed by atoms with van der Waals surface area (Å²) in [6.07, 6.45) is 3.39. The minimum atomic E-state index is -0.394. The van der Waals surface area contributed by atoms with Crippen molar-refractivity contribution in [3.05, 3.63) is 22.8 Å². The maximum absolute atomic E-state index is 5.73. The Balaban J connectivity index is 2.75. The molecular weight excluding hydrogens is 230 g/mol. The van der Waals surface area contributed by atoms with Gasteiger partial charge in [0.2, 0.25) is 0 Å². The minimum absolute atomic E-state index is 0.394. The Labute approximate surface area is 86.2 Å². The fourth-order valence-electron chi connectivity index (χ4n) is 0.677. The maximum Gasteiger partial charge on any atom is 0.151 e. The van der Waals surface area contributed by atoms with Crippen LogP contribution in [0, 0.1) is 0 Å². The van der Waals surface area contributed by atoms with E-state index >= 15 is 0 Å². The third-order valence-corrected chi connectivity index (χ3v) is 1.71. The maximum atomic E-state index is 5.73. The molecule has 0 aliphatic heterocycles. The Bertz CT molecular complexity index is 298. The van der Waals surface area contributed by atoms with Crippen molar-refractivity contribution >= 4 is 28.0 Å². The van der Waals surface area contributed by atoms with Crippen LogP contribution in [0.15, 0.2) is 27.8 Å². The summed E-state index contributed by atoms with van der Waals surface area (Å²) in [6.45, 7) is 3.77. The van der Waals surface area contributed by atoms with Crippen molar-refractivity contribution < 1.29 is 0 Å². The number of nitrogens with zero attached hydrogens (tertiary/aromatic N) is 2. The third-order valence-electron chi connectivity index (χ3n) is 1.24. The highest BCUT2D eigenvalue weighted by atomic mass is 79.9. The quantitative estimate of drug-likeness (QED) is 0.809. The van der Waals surface area contributed by atoms with E-state index < -0.39 is 5.54 Å². The van der Waals surface area contributed by atoms with Crippen LogP contribution in [0.25, 0.3) is 0 Å². The van der Waals surface area contributed by atoms with Gasteiger partial charge in [0.05, 0.1) is 0 Å². The smallest absolute Gasteiger partial charge is 0.151 e. The molecule has 1 aromatic rings. The van der Waals surface area contributed by atoms with Crippen molar-refractivity contribution in [2.24, 2.45) is 10.7 Å². The molecule has 0 spiro atoms. The van der Waals surface area contributed by atoms with E-state index in [1.165, 1.54) is 0 Å². The highest BCUT2D eigenvalue weighted by Crippen LogP contribution is 2.12. The zero-order valence-corrected chi connectivity index (χ0v) is 9.25. The van der Waals surface area contributed by atoms with Gasteiger partial charge in [0.15, 0.2) is 5.82 Å². The summed E-state index contributed by atoms with van der Waals surface area (Å²) >= 11 is 3.30. The van der Waals surface area contributed by atoms with Crippen LogP contribution in [0.4, 0.5) is 5.82 Å². The van der Waals surface area contributed by atoms with Gasteiger partial charge in [0.1, 0.15) is 0 Å². The summed E-state index contributed by atoms with van der Waals surface area (Å²) in [5, 5.41) is 0. The van der Waals surface area contributed by atoms with E-state index in [2.05, 4.69) is 25.9 Å². The fourth-order valence-corrected chi connectivity index (χ4v) is 0.911. The van der Waals surface area contributed by atoms with Crippen LogP contribution in [0.5, 0.6) is 0 Å². The average molecular weight is 242 g/mol. The molecule has 0 aliphatic rings. The van der Waals surface area contributed by atoms with Gasteiger partial charge in [0.25, 0.3) is 0 Å². The summed E-state index contributed by atoms with van der Waals surface area (Å²) in [6, 6.07) is 3.72. The van der Waals surface area contributed by atoms with Gasteiger partial charge in [-0.2, -0.15) is 0 Å². The first-order chi connectivity index (χ1) is 5.97. The van der Waals surface area contributed by atoms with Gasteiger partial charge >= 0.3 is 0 Å². The van der Waals surface area contributed by atoms with Gasteiger partial charge in [-0.25, -0.2) is 9.98 Å². The normalized spacial score (nSPS) is 12.3. The minimum Gasteiger partial charge on any atom is -0.321 e. The predicted molar refractivity (Wildman–Crippen MR) is 58.4 cm³/mol. The Morgan fingerprint density at radius 3 is 2.69 bits per heavy atom. The Kier molecular flexibility index (Phi) is 3.17. The number of halogens is 1. The van der Waals surface area contributed by atoms with Crippen molar-refractivity contribution in [3.63, 3.8) is 0 Å². The molecule has 0 aliphatic carbocycles. The predicted octanol–water partition coefficient (Wildman–Crippen LogP) is 2.28. The first kappa shape index (κ1) is 10.3. The molecule has 0 bridgehead atoms. The van der Waals surface area contributed by atoms with Crippen molar-refractivity contribution in [3.8, 4) is 0 Å². The molecule has 1 rings (SSSR count). The molecule has 0 radical (unpaired) electrons. The standard InChI is InChI=1S/C9H12BrN3/c1-9(2,11)6-13-8-4-3-7(10)5-12-8/h3-6H,11H2,1-2H3/b13-6+. The number of pyridine rings is 1. The van der Waals surface area contributed by atoms with Gasteiger partial charge in [-0.15, -0.1) is 0 Å². The molecule has 0 atom stereocenters. The summed E-state index contributed by atoms with van der Waals surface area (Å²) < 4.78 is 0.943. The highest BCUT2D eigenvalue weighted by Gasteiger charge is 2.05. The van der Waals surface area contributed by atoms with Gasteiger partial charge < -0.3 is 5.73 Å². The van der Waals surface area contributed by atoms with Gasteiger partial charge in [-0.1, -0.05) is 0 Å². The van der Waals surface area contributed by atoms with Crippen LogP contribution >= 0.6 is 15.9 Å². The van der Waals surface area contributed by atoms with Crippen molar-refractivity contribution in [1.29, 1.82) is 0 Å². The molecule has 0 amide bonds. The first-order valence-electron chi connectivity index (χ1n) is 3.93. The molecule has 13 heavy (non-hydrogen) atoms. The van der Waals surface area contributed by atoms with Gasteiger partial charge in [-0.3, -0.25) is 0 Å². The Morgan fingerprint density at radius 2 is 2.23 bits per heavy atom. The molecule has 0 unspecified atom stereocenters. The van der Waals surface area contributed by atoms with Crippen LogP contribution in [-0.2, 0) is 0 Å². The number of rotatable bonds is 2. The zero-order chi connectivity index (χ0) is 9.90. The fraction of sp³-hybridized carbons (Fsp3) is 0.333.